The lowest BCUT2D eigenvalue weighted by Crippen LogP contribution is -2.50. The predicted molar refractivity (Wildman–Crippen MR) is 77.2 cm³/mol. The summed E-state index contributed by atoms with van der Waals surface area (Å²) in [4.78, 5) is 13.8. The zero-order valence-corrected chi connectivity index (χ0v) is 12.1. The zero-order valence-electron chi connectivity index (χ0n) is 12.1. The number of piperidine rings is 1. The van der Waals surface area contributed by atoms with Gasteiger partial charge in [0, 0.05) is 13.1 Å². The Morgan fingerprint density at radius 2 is 2.14 bits per heavy atom. The van der Waals surface area contributed by atoms with Crippen LogP contribution in [0.3, 0.4) is 0 Å². The first-order valence-corrected chi connectivity index (χ1v) is 7.57. The average molecular weight is 292 g/mol. The quantitative estimate of drug-likeness (QED) is 0.919. The number of amides is 1. The van der Waals surface area contributed by atoms with Gasteiger partial charge in [0.05, 0.1) is 6.10 Å². The fraction of sp³-hybridized carbons (Fsp3) is 0.562. The molecule has 3 rings (SSSR count). The highest BCUT2D eigenvalue weighted by Crippen LogP contribution is 2.23. The summed E-state index contributed by atoms with van der Waals surface area (Å²) < 4.78 is 19.0. The first kappa shape index (κ1) is 14.5. The van der Waals surface area contributed by atoms with E-state index in [1.165, 1.54) is 12.1 Å². The van der Waals surface area contributed by atoms with Crippen molar-refractivity contribution in [1.29, 1.82) is 0 Å². The summed E-state index contributed by atoms with van der Waals surface area (Å²) in [6, 6.07) is 6.44. The molecule has 2 aliphatic heterocycles. The molecule has 1 amide bonds. The van der Waals surface area contributed by atoms with Crippen LogP contribution >= 0.6 is 0 Å². The summed E-state index contributed by atoms with van der Waals surface area (Å²) in [5.41, 5.74) is 0.828. The van der Waals surface area contributed by atoms with Gasteiger partial charge in [-0.1, -0.05) is 12.1 Å². The van der Waals surface area contributed by atoms with E-state index in [0.29, 0.717) is 19.0 Å². The van der Waals surface area contributed by atoms with E-state index in [0.717, 1.165) is 31.5 Å². The molecule has 0 aliphatic carbocycles. The average Bonchev–Trinajstić information content (AvgIpc) is 2.50. The number of morpholine rings is 1. The second-order valence-corrected chi connectivity index (χ2v) is 5.84. The van der Waals surface area contributed by atoms with Crippen LogP contribution in [0.1, 0.15) is 18.4 Å². The number of hydrogen-bond donors (Lipinski definition) is 1. The maximum atomic E-state index is 13.3. The standard InChI is InChI=1S/C16H21FN2O2/c17-14-3-1-2-12(8-14)9-19-10-15(21-11-16(19)20)13-4-6-18-7-5-13/h1-3,8,13,15,18H,4-7,9-11H2. The van der Waals surface area contributed by atoms with E-state index in [1.807, 2.05) is 6.07 Å². The highest BCUT2D eigenvalue weighted by molar-refractivity contribution is 5.78. The molecule has 0 saturated carbocycles. The van der Waals surface area contributed by atoms with Crippen molar-refractivity contribution in [3.63, 3.8) is 0 Å². The molecule has 0 radical (unpaired) electrons. The third-order valence-electron chi connectivity index (χ3n) is 4.35. The number of nitrogens with zero attached hydrogens (tertiary/aromatic N) is 1. The van der Waals surface area contributed by atoms with Crippen LogP contribution in [-0.2, 0) is 16.1 Å². The number of hydrogen-bond acceptors (Lipinski definition) is 3. The molecule has 2 aliphatic rings. The second kappa shape index (κ2) is 6.54. The summed E-state index contributed by atoms with van der Waals surface area (Å²) >= 11 is 0. The Morgan fingerprint density at radius 1 is 1.33 bits per heavy atom. The van der Waals surface area contributed by atoms with Crippen LogP contribution < -0.4 is 5.32 Å². The largest absolute Gasteiger partial charge is 0.366 e. The van der Waals surface area contributed by atoms with Crippen LogP contribution in [0.15, 0.2) is 24.3 Å². The molecule has 1 N–H and O–H groups in total. The van der Waals surface area contributed by atoms with Crippen molar-refractivity contribution >= 4 is 5.91 Å². The number of carbonyl (C=O) groups excluding carboxylic acids is 1. The first-order chi connectivity index (χ1) is 10.2. The SMILES string of the molecule is O=C1COC(C2CCNCC2)CN1Cc1cccc(F)c1. The maximum absolute atomic E-state index is 13.3. The molecule has 21 heavy (non-hydrogen) atoms. The Labute approximate surface area is 124 Å². The monoisotopic (exact) mass is 292 g/mol. The van der Waals surface area contributed by atoms with Gasteiger partial charge in [0.2, 0.25) is 5.91 Å². The van der Waals surface area contributed by atoms with Crippen LogP contribution in [0.25, 0.3) is 0 Å². The summed E-state index contributed by atoms with van der Waals surface area (Å²) in [7, 11) is 0. The van der Waals surface area contributed by atoms with Gasteiger partial charge in [0.15, 0.2) is 0 Å². The summed E-state index contributed by atoms with van der Waals surface area (Å²) in [5.74, 6) is 0.238. The Hall–Kier alpha value is -1.46. The van der Waals surface area contributed by atoms with Gasteiger partial charge in [-0.25, -0.2) is 4.39 Å². The van der Waals surface area contributed by atoms with E-state index in [4.69, 9.17) is 4.74 Å². The lowest BCUT2D eigenvalue weighted by molar-refractivity contribution is -0.153. The van der Waals surface area contributed by atoms with E-state index in [2.05, 4.69) is 5.32 Å². The molecule has 4 nitrogen and oxygen atoms in total. The van der Waals surface area contributed by atoms with Crippen molar-refractivity contribution in [3.05, 3.63) is 35.6 Å². The zero-order chi connectivity index (χ0) is 14.7. The minimum absolute atomic E-state index is 0.00977. The fourth-order valence-corrected chi connectivity index (χ4v) is 3.15. The summed E-state index contributed by atoms with van der Waals surface area (Å²) in [5, 5.41) is 3.34. The molecule has 2 saturated heterocycles. The maximum Gasteiger partial charge on any atom is 0.248 e. The van der Waals surface area contributed by atoms with E-state index in [-0.39, 0.29) is 24.4 Å². The molecule has 0 aromatic heterocycles. The van der Waals surface area contributed by atoms with Crippen molar-refractivity contribution < 1.29 is 13.9 Å². The van der Waals surface area contributed by atoms with Gasteiger partial charge >= 0.3 is 0 Å². The Bertz CT molecular complexity index is 503. The minimum atomic E-state index is -0.261. The van der Waals surface area contributed by atoms with E-state index >= 15 is 0 Å². The number of nitrogens with one attached hydrogen (secondary N) is 1. The number of halogens is 1. The third-order valence-corrected chi connectivity index (χ3v) is 4.35. The molecule has 114 valence electrons. The molecule has 1 aromatic rings. The molecule has 2 heterocycles. The molecule has 0 spiro atoms. The molecule has 2 fully saturated rings. The van der Waals surface area contributed by atoms with Gasteiger partial charge in [-0.05, 0) is 49.5 Å². The molecule has 1 aromatic carbocycles. The van der Waals surface area contributed by atoms with Crippen LogP contribution in [-0.4, -0.2) is 43.2 Å². The highest BCUT2D eigenvalue weighted by Gasteiger charge is 2.32. The smallest absolute Gasteiger partial charge is 0.248 e. The van der Waals surface area contributed by atoms with Crippen molar-refractivity contribution in [3.8, 4) is 0 Å². The van der Waals surface area contributed by atoms with Gasteiger partial charge < -0.3 is 15.0 Å². The lowest BCUT2D eigenvalue weighted by atomic mass is 9.91. The Morgan fingerprint density at radius 3 is 2.90 bits per heavy atom. The molecule has 0 bridgehead atoms. The van der Waals surface area contributed by atoms with E-state index in [9.17, 15) is 9.18 Å². The molecular formula is C16H21FN2O2. The topological polar surface area (TPSA) is 41.6 Å². The van der Waals surface area contributed by atoms with Gasteiger partial charge in [0.1, 0.15) is 12.4 Å². The van der Waals surface area contributed by atoms with Gasteiger partial charge in [0.25, 0.3) is 0 Å². The highest BCUT2D eigenvalue weighted by atomic mass is 19.1. The first-order valence-electron chi connectivity index (χ1n) is 7.57. The number of ether oxygens (including phenoxy) is 1. The van der Waals surface area contributed by atoms with Crippen LogP contribution in [0.2, 0.25) is 0 Å². The third kappa shape index (κ3) is 3.60. The summed E-state index contributed by atoms with van der Waals surface area (Å²) in [6.45, 7) is 3.25. The lowest BCUT2D eigenvalue weighted by Gasteiger charge is -2.38. The Balaban J connectivity index is 1.64. The normalized spacial score (nSPS) is 24.3. The Kier molecular flexibility index (Phi) is 4.51. The van der Waals surface area contributed by atoms with Gasteiger partial charge in [-0.3, -0.25) is 4.79 Å². The number of benzene rings is 1. The summed E-state index contributed by atoms with van der Waals surface area (Å²) in [6.07, 6.45) is 2.29. The van der Waals surface area contributed by atoms with Crippen molar-refractivity contribution in [2.45, 2.75) is 25.5 Å². The van der Waals surface area contributed by atoms with E-state index in [1.54, 1.807) is 11.0 Å². The molecule has 5 heteroatoms. The number of rotatable bonds is 3. The molecular weight excluding hydrogens is 271 g/mol. The van der Waals surface area contributed by atoms with Gasteiger partial charge in [-0.2, -0.15) is 0 Å². The molecule has 1 unspecified atom stereocenters. The minimum Gasteiger partial charge on any atom is -0.366 e. The van der Waals surface area contributed by atoms with Crippen molar-refractivity contribution in [1.82, 2.24) is 10.2 Å². The second-order valence-electron chi connectivity index (χ2n) is 5.84. The molecule has 1 atom stereocenters. The predicted octanol–water partition coefficient (Wildman–Crippen LogP) is 1.55. The van der Waals surface area contributed by atoms with Crippen LogP contribution in [0.5, 0.6) is 0 Å². The van der Waals surface area contributed by atoms with Crippen molar-refractivity contribution in [2.75, 3.05) is 26.2 Å². The fourth-order valence-electron chi connectivity index (χ4n) is 3.15. The van der Waals surface area contributed by atoms with Gasteiger partial charge in [-0.15, -0.1) is 0 Å². The van der Waals surface area contributed by atoms with Crippen LogP contribution in [0, 0.1) is 11.7 Å². The van der Waals surface area contributed by atoms with Crippen LogP contribution in [0.4, 0.5) is 4.39 Å². The van der Waals surface area contributed by atoms with E-state index < -0.39 is 0 Å². The number of carbonyl (C=O) groups is 1. The van der Waals surface area contributed by atoms with Crippen molar-refractivity contribution in [2.24, 2.45) is 5.92 Å².